The van der Waals surface area contributed by atoms with Crippen LogP contribution in [0.5, 0.6) is 0 Å². The first-order chi connectivity index (χ1) is 8.04. The van der Waals surface area contributed by atoms with Crippen LogP contribution in [-0.2, 0) is 9.47 Å². The van der Waals surface area contributed by atoms with E-state index in [0.29, 0.717) is 12.6 Å². The average molecular weight is 244 g/mol. The quantitative estimate of drug-likeness (QED) is 0.759. The SMILES string of the molecule is CNC(COC(C)C)C1CN(C(C)C)CCO1. The number of nitrogens with zero attached hydrogens (tertiary/aromatic N) is 1. The lowest BCUT2D eigenvalue weighted by Gasteiger charge is -2.38. The predicted molar refractivity (Wildman–Crippen MR) is 70.4 cm³/mol. The maximum Gasteiger partial charge on any atom is 0.0877 e. The molecule has 4 nitrogen and oxygen atoms in total. The molecule has 0 saturated carbocycles. The second-order valence-electron chi connectivity index (χ2n) is 5.28. The minimum Gasteiger partial charge on any atom is -0.377 e. The minimum absolute atomic E-state index is 0.231. The smallest absolute Gasteiger partial charge is 0.0877 e. The van der Waals surface area contributed by atoms with Gasteiger partial charge < -0.3 is 14.8 Å². The molecule has 0 aromatic heterocycles. The van der Waals surface area contributed by atoms with Crippen LogP contribution in [0.1, 0.15) is 27.7 Å². The fraction of sp³-hybridized carbons (Fsp3) is 1.00. The molecule has 0 aromatic carbocycles. The van der Waals surface area contributed by atoms with Crippen molar-refractivity contribution in [1.82, 2.24) is 10.2 Å². The second kappa shape index (κ2) is 7.31. The van der Waals surface area contributed by atoms with Crippen LogP contribution in [0.4, 0.5) is 0 Å². The van der Waals surface area contributed by atoms with Gasteiger partial charge in [0.05, 0.1) is 31.5 Å². The van der Waals surface area contributed by atoms with Crippen molar-refractivity contribution in [3.8, 4) is 0 Å². The minimum atomic E-state index is 0.231. The summed E-state index contributed by atoms with van der Waals surface area (Å²) in [6, 6.07) is 0.865. The summed E-state index contributed by atoms with van der Waals surface area (Å²) >= 11 is 0. The maximum atomic E-state index is 5.86. The molecule has 1 saturated heterocycles. The fourth-order valence-corrected chi connectivity index (χ4v) is 2.08. The summed E-state index contributed by atoms with van der Waals surface area (Å²) in [6.45, 7) is 12.2. The summed E-state index contributed by atoms with van der Waals surface area (Å²) in [7, 11) is 1.98. The van der Waals surface area contributed by atoms with E-state index in [2.05, 4.69) is 37.9 Å². The van der Waals surface area contributed by atoms with Crippen molar-refractivity contribution < 1.29 is 9.47 Å². The Morgan fingerprint density at radius 2 is 2.06 bits per heavy atom. The van der Waals surface area contributed by atoms with Crippen LogP contribution in [0.25, 0.3) is 0 Å². The van der Waals surface area contributed by atoms with Gasteiger partial charge in [-0.2, -0.15) is 0 Å². The van der Waals surface area contributed by atoms with Crippen LogP contribution in [0.2, 0.25) is 0 Å². The van der Waals surface area contributed by atoms with Crippen LogP contribution in [0, 0.1) is 0 Å². The van der Waals surface area contributed by atoms with Gasteiger partial charge >= 0.3 is 0 Å². The monoisotopic (exact) mass is 244 g/mol. The zero-order chi connectivity index (χ0) is 12.8. The standard InChI is InChI=1S/C13H28N2O2/c1-10(2)15-6-7-16-13(8-15)12(14-5)9-17-11(3)4/h10-14H,6-9H2,1-5H3. The highest BCUT2D eigenvalue weighted by molar-refractivity contribution is 4.83. The summed E-state index contributed by atoms with van der Waals surface area (Å²) < 4.78 is 11.5. The van der Waals surface area contributed by atoms with E-state index in [0.717, 1.165) is 19.7 Å². The zero-order valence-electron chi connectivity index (χ0n) is 11.9. The highest BCUT2D eigenvalue weighted by Gasteiger charge is 2.28. The molecule has 17 heavy (non-hydrogen) atoms. The summed E-state index contributed by atoms with van der Waals surface area (Å²) in [6.07, 6.45) is 0.505. The van der Waals surface area contributed by atoms with Gasteiger partial charge in [0.15, 0.2) is 0 Å². The van der Waals surface area contributed by atoms with Crippen molar-refractivity contribution in [2.45, 2.75) is 52.0 Å². The van der Waals surface area contributed by atoms with Crippen LogP contribution in [-0.4, -0.2) is 62.5 Å². The zero-order valence-corrected chi connectivity index (χ0v) is 11.9. The lowest BCUT2D eigenvalue weighted by Crippen LogP contribution is -2.54. The Hall–Kier alpha value is -0.160. The lowest BCUT2D eigenvalue weighted by molar-refractivity contribution is -0.0722. The average Bonchev–Trinajstić information content (AvgIpc) is 2.30. The van der Waals surface area contributed by atoms with Crippen molar-refractivity contribution in [3.05, 3.63) is 0 Å². The van der Waals surface area contributed by atoms with Crippen LogP contribution < -0.4 is 5.32 Å². The number of morpholine rings is 1. The molecular weight excluding hydrogens is 216 g/mol. The summed E-state index contributed by atoms with van der Waals surface area (Å²) in [5, 5.41) is 3.31. The molecule has 1 aliphatic heterocycles. The van der Waals surface area contributed by atoms with E-state index < -0.39 is 0 Å². The Morgan fingerprint density at radius 3 is 2.59 bits per heavy atom. The molecule has 0 spiro atoms. The molecule has 4 heteroatoms. The van der Waals surface area contributed by atoms with Crippen LogP contribution in [0.15, 0.2) is 0 Å². The Bertz CT molecular complexity index is 210. The van der Waals surface area contributed by atoms with Crippen molar-refractivity contribution in [3.63, 3.8) is 0 Å². The number of likely N-dealkylation sites (N-methyl/N-ethyl adjacent to an activating group) is 1. The molecule has 2 unspecified atom stereocenters. The third-order valence-corrected chi connectivity index (χ3v) is 3.28. The Balaban J connectivity index is 2.44. The van der Waals surface area contributed by atoms with Crippen molar-refractivity contribution in [2.75, 3.05) is 33.4 Å². The molecular formula is C13H28N2O2. The van der Waals surface area contributed by atoms with Gasteiger partial charge in [0.2, 0.25) is 0 Å². The maximum absolute atomic E-state index is 5.86. The highest BCUT2D eigenvalue weighted by atomic mass is 16.5. The Labute approximate surface area is 106 Å². The van der Waals surface area contributed by atoms with Crippen LogP contribution >= 0.6 is 0 Å². The van der Waals surface area contributed by atoms with Gasteiger partial charge in [0.1, 0.15) is 0 Å². The highest BCUT2D eigenvalue weighted by Crippen LogP contribution is 2.12. The van der Waals surface area contributed by atoms with E-state index in [1.807, 2.05) is 7.05 Å². The predicted octanol–water partition coefficient (Wildman–Crippen LogP) is 1.11. The van der Waals surface area contributed by atoms with Crippen molar-refractivity contribution in [2.24, 2.45) is 0 Å². The summed E-state index contributed by atoms with van der Waals surface area (Å²) in [5.74, 6) is 0. The van der Waals surface area contributed by atoms with Gasteiger partial charge in [-0.05, 0) is 34.7 Å². The van der Waals surface area contributed by atoms with Gasteiger partial charge in [0.25, 0.3) is 0 Å². The number of ether oxygens (including phenoxy) is 2. The largest absolute Gasteiger partial charge is 0.377 e. The van der Waals surface area contributed by atoms with E-state index in [4.69, 9.17) is 9.47 Å². The molecule has 102 valence electrons. The van der Waals surface area contributed by atoms with E-state index in [-0.39, 0.29) is 18.2 Å². The number of nitrogens with one attached hydrogen (secondary N) is 1. The van der Waals surface area contributed by atoms with Crippen molar-refractivity contribution >= 4 is 0 Å². The van der Waals surface area contributed by atoms with E-state index in [1.165, 1.54) is 0 Å². The molecule has 1 heterocycles. The normalized spacial score (nSPS) is 24.5. The number of rotatable bonds is 6. The Kier molecular flexibility index (Phi) is 6.41. The van der Waals surface area contributed by atoms with Gasteiger partial charge in [-0.1, -0.05) is 0 Å². The molecule has 1 fully saturated rings. The van der Waals surface area contributed by atoms with Gasteiger partial charge in [-0.25, -0.2) is 0 Å². The third-order valence-electron chi connectivity index (χ3n) is 3.28. The molecule has 1 N–H and O–H groups in total. The Morgan fingerprint density at radius 1 is 1.35 bits per heavy atom. The summed E-state index contributed by atoms with van der Waals surface area (Å²) in [5.41, 5.74) is 0. The van der Waals surface area contributed by atoms with Gasteiger partial charge in [-0.15, -0.1) is 0 Å². The van der Waals surface area contributed by atoms with Gasteiger partial charge in [0, 0.05) is 19.1 Å². The molecule has 1 rings (SSSR count). The first kappa shape index (κ1) is 14.9. The molecule has 2 atom stereocenters. The van der Waals surface area contributed by atoms with Gasteiger partial charge in [-0.3, -0.25) is 4.90 Å². The molecule has 0 aromatic rings. The first-order valence-corrected chi connectivity index (χ1v) is 6.69. The van der Waals surface area contributed by atoms with Crippen LogP contribution in [0.3, 0.4) is 0 Å². The molecule has 0 radical (unpaired) electrons. The number of hydrogen-bond acceptors (Lipinski definition) is 4. The van der Waals surface area contributed by atoms with Crippen molar-refractivity contribution in [1.29, 1.82) is 0 Å². The molecule has 0 amide bonds. The fourth-order valence-electron chi connectivity index (χ4n) is 2.08. The second-order valence-corrected chi connectivity index (χ2v) is 5.28. The van der Waals surface area contributed by atoms with E-state index in [1.54, 1.807) is 0 Å². The lowest BCUT2D eigenvalue weighted by atomic mass is 10.1. The molecule has 0 bridgehead atoms. The summed E-state index contributed by atoms with van der Waals surface area (Å²) in [4.78, 5) is 2.47. The number of hydrogen-bond donors (Lipinski definition) is 1. The molecule has 1 aliphatic rings. The topological polar surface area (TPSA) is 33.7 Å². The first-order valence-electron chi connectivity index (χ1n) is 6.69. The van der Waals surface area contributed by atoms with E-state index in [9.17, 15) is 0 Å². The third kappa shape index (κ3) is 4.92. The van der Waals surface area contributed by atoms with E-state index >= 15 is 0 Å². The molecule has 0 aliphatic carbocycles.